The predicted molar refractivity (Wildman–Crippen MR) is 368 cm³/mol. The summed E-state index contributed by atoms with van der Waals surface area (Å²) in [6.45, 7) is 9.44. The minimum Gasteiger partial charge on any atom is -0.462 e. The molecule has 2 unspecified atom stereocenters. The second kappa shape index (κ2) is 64.1. The molecule has 0 aliphatic heterocycles. The predicted octanol–water partition coefficient (Wildman–Crippen LogP) is 20.8. The lowest BCUT2D eigenvalue weighted by Crippen LogP contribution is -2.30. The fourth-order valence-corrected chi connectivity index (χ4v) is 12.5. The average molecular weight is 1340 g/mol. The third kappa shape index (κ3) is 66.5. The zero-order chi connectivity index (χ0) is 67.2. The highest BCUT2D eigenvalue weighted by atomic mass is 31.2. The van der Waals surface area contributed by atoms with E-state index >= 15 is 0 Å². The van der Waals surface area contributed by atoms with Gasteiger partial charge in [-0.05, 0) is 37.5 Å². The van der Waals surface area contributed by atoms with E-state index in [9.17, 15) is 43.2 Å². The molecule has 0 saturated carbocycles. The molecule has 0 aliphatic rings. The highest BCUT2D eigenvalue weighted by Gasteiger charge is 2.30. The summed E-state index contributed by atoms with van der Waals surface area (Å²) in [7, 11) is -9.90. The molecule has 0 saturated heterocycles. The summed E-state index contributed by atoms with van der Waals surface area (Å²) in [6, 6.07) is 0. The average Bonchev–Trinajstić information content (AvgIpc) is 2.12. The first kappa shape index (κ1) is 89.1. The Balaban J connectivity index is 5.23. The van der Waals surface area contributed by atoms with Gasteiger partial charge in [0.25, 0.3) is 0 Å². The molecular weight excluding hydrogens is 1200 g/mol. The van der Waals surface area contributed by atoms with Gasteiger partial charge in [-0.1, -0.05) is 318 Å². The van der Waals surface area contributed by atoms with Gasteiger partial charge in [0, 0.05) is 25.7 Å². The first-order valence-corrected chi connectivity index (χ1v) is 40.5. The van der Waals surface area contributed by atoms with E-state index in [0.29, 0.717) is 31.6 Å². The van der Waals surface area contributed by atoms with Crippen LogP contribution in [0.4, 0.5) is 0 Å². The van der Waals surface area contributed by atoms with Gasteiger partial charge < -0.3 is 33.8 Å². The summed E-state index contributed by atoms with van der Waals surface area (Å²) in [4.78, 5) is 72.6. The van der Waals surface area contributed by atoms with Crippen molar-refractivity contribution in [2.45, 2.75) is 387 Å². The molecule has 0 fully saturated rings. The molecule has 540 valence electrons. The largest absolute Gasteiger partial charge is 0.472 e. The van der Waals surface area contributed by atoms with E-state index in [2.05, 4.69) is 41.5 Å². The van der Waals surface area contributed by atoms with Crippen LogP contribution in [0.2, 0.25) is 0 Å². The Hall–Kier alpha value is -1.94. The van der Waals surface area contributed by atoms with Crippen molar-refractivity contribution in [2.24, 2.45) is 11.8 Å². The summed E-state index contributed by atoms with van der Waals surface area (Å²) < 4.78 is 68.3. The van der Waals surface area contributed by atoms with Gasteiger partial charge in [0.2, 0.25) is 0 Å². The summed E-state index contributed by atoms with van der Waals surface area (Å²) in [5.41, 5.74) is 0. The molecule has 17 nitrogen and oxygen atoms in total. The first-order chi connectivity index (χ1) is 43.9. The minimum absolute atomic E-state index is 0.104. The lowest BCUT2D eigenvalue weighted by atomic mass is 10.0. The van der Waals surface area contributed by atoms with Gasteiger partial charge in [-0.2, -0.15) is 0 Å². The van der Waals surface area contributed by atoms with Crippen LogP contribution in [0.25, 0.3) is 0 Å². The number of carbonyl (C=O) groups is 4. The third-order valence-electron chi connectivity index (χ3n) is 16.7. The highest BCUT2D eigenvalue weighted by Crippen LogP contribution is 2.45. The molecule has 0 aromatic heterocycles. The molecule has 0 radical (unpaired) electrons. The van der Waals surface area contributed by atoms with Crippen molar-refractivity contribution in [1.82, 2.24) is 0 Å². The maximum absolute atomic E-state index is 13.0. The van der Waals surface area contributed by atoms with Crippen molar-refractivity contribution in [1.29, 1.82) is 0 Å². The van der Waals surface area contributed by atoms with Crippen molar-refractivity contribution < 1.29 is 80.2 Å². The van der Waals surface area contributed by atoms with Gasteiger partial charge >= 0.3 is 39.5 Å². The number of unbranched alkanes of at least 4 members (excludes halogenated alkanes) is 41. The van der Waals surface area contributed by atoms with Crippen LogP contribution >= 0.6 is 15.6 Å². The lowest BCUT2D eigenvalue weighted by Gasteiger charge is -2.21. The number of hydrogen-bond acceptors (Lipinski definition) is 15. The molecule has 0 bridgehead atoms. The summed E-state index contributed by atoms with van der Waals surface area (Å²) in [5, 5.41) is 10.6. The topological polar surface area (TPSA) is 237 Å². The van der Waals surface area contributed by atoms with Gasteiger partial charge in [0.05, 0.1) is 26.4 Å². The summed E-state index contributed by atoms with van der Waals surface area (Å²) in [6.07, 6.45) is 50.1. The van der Waals surface area contributed by atoms with Gasteiger partial charge in [-0.3, -0.25) is 37.3 Å². The van der Waals surface area contributed by atoms with Crippen LogP contribution in [0.5, 0.6) is 0 Å². The quantitative estimate of drug-likeness (QED) is 0.0222. The molecule has 19 heteroatoms. The third-order valence-corrected chi connectivity index (χ3v) is 18.6. The Kier molecular flexibility index (Phi) is 62.7. The zero-order valence-electron chi connectivity index (χ0n) is 59.1. The molecule has 0 spiro atoms. The number of ether oxygens (including phenoxy) is 4. The zero-order valence-corrected chi connectivity index (χ0v) is 60.9. The number of rotatable bonds is 71. The number of phosphoric ester groups is 2. The van der Waals surface area contributed by atoms with Crippen LogP contribution in [0.3, 0.4) is 0 Å². The number of phosphoric acid groups is 2. The van der Waals surface area contributed by atoms with Crippen molar-refractivity contribution in [3.8, 4) is 0 Å². The summed E-state index contributed by atoms with van der Waals surface area (Å²) in [5.74, 6) is -0.726. The molecule has 0 rings (SSSR count). The van der Waals surface area contributed by atoms with Gasteiger partial charge in [0.15, 0.2) is 12.2 Å². The molecule has 0 aromatic rings. The first-order valence-electron chi connectivity index (χ1n) is 37.5. The van der Waals surface area contributed by atoms with Crippen molar-refractivity contribution in [3.63, 3.8) is 0 Å². The van der Waals surface area contributed by atoms with Gasteiger partial charge in [-0.25, -0.2) is 9.13 Å². The molecular formula is C72H140O17P2. The monoisotopic (exact) mass is 1340 g/mol. The van der Waals surface area contributed by atoms with Gasteiger partial charge in [-0.15, -0.1) is 0 Å². The smallest absolute Gasteiger partial charge is 0.462 e. The number of esters is 4. The molecule has 0 amide bonds. The maximum Gasteiger partial charge on any atom is 0.472 e. The van der Waals surface area contributed by atoms with Crippen LogP contribution in [0.1, 0.15) is 369 Å². The Morgan fingerprint density at radius 1 is 0.297 bits per heavy atom. The number of aliphatic hydroxyl groups excluding tert-OH is 1. The molecule has 91 heavy (non-hydrogen) atoms. The van der Waals surface area contributed by atoms with E-state index in [4.69, 9.17) is 37.0 Å². The van der Waals surface area contributed by atoms with E-state index in [1.54, 1.807) is 0 Å². The van der Waals surface area contributed by atoms with E-state index in [-0.39, 0.29) is 25.7 Å². The molecule has 0 heterocycles. The van der Waals surface area contributed by atoms with Crippen LogP contribution in [0, 0.1) is 11.8 Å². The van der Waals surface area contributed by atoms with Crippen LogP contribution < -0.4 is 0 Å². The Morgan fingerprint density at radius 3 is 0.747 bits per heavy atom. The SMILES string of the molecule is CCCCCCCCCCCCCCCCCCC(=O)O[C@H](COC(=O)CCCCCCCCCCCCCCCCC)COP(=O)(O)OC[C@@H](O)COP(=O)(O)OC[C@@H](COC(=O)CCCCCCCCC(C)C)OC(=O)CCCCCCCCCCC(C)C. The maximum atomic E-state index is 13.0. The van der Waals surface area contributed by atoms with Gasteiger partial charge in [0.1, 0.15) is 19.3 Å². The summed E-state index contributed by atoms with van der Waals surface area (Å²) >= 11 is 0. The normalized spacial score (nSPS) is 14.1. The fraction of sp³-hybridized carbons (Fsp3) is 0.944. The van der Waals surface area contributed by atoms with Crippen LogP contribution in [-0.4, -0.2) is 96.7 Å². The van der Waals surface area contributed by atoms with E-state index < -0.39 is 97.5 Å². The van der Waals surface area contributed by atoms with E-state index in [0.717, 1.165) is 102 Å². The Labute approximate surface area is 556 Å². The van der Waals surface area contributed by atoms with Crippen LogP contribution in [0.15, 0.2) is 0 Å². The van der Waals surface area contributed by atoms with E-state index in [1.165, 1.54) is 180 Å². The highest BCUT2D eigenvalue weighted by molar-refractivity contribution is 7.47. The van der Waals surface area contributed by atoms with E-state index in [1.807, 2.05) is 0 Å². The molecule has 3 N–H and O–H groups in total. The number of aliphatic hydroxyl groups is 1. The second-order valence-electron chi connectivity index (χ2n) is 26.9. The minimum atomic E-state index is -4.95. The molecule has 0 aliphatic carbocycles. The van der Waals surface area contributed by atoms with Crippen LogP contribution in [-0.2, 0) is 65.4 Å². The Bertz CT molecular complexity index is 1770. The number of hydrogen-bond donors (Lipinski definition) is 3. The standard InChI is InChI=1S/C72H140O17P2/c1-7-9-11-13-15-17-19-21-23-25-27-29-31-36-44-50-56-71(76)88-67(60-82-69(74)54-48-42-35-30-28-26-24-22-20-18-16-14-12-10-8-2)62-86-90(78,79)84-58-66(73)59-85-91(80,81)87-63-68(61-83-70(75)55-49-43-39-38-41-47-53-65(5)6)89-72(77)57-51-45-37-33-32-34-40-46-52-64(3)4/h64-68,73H,7-63H2,1-6H3,(H,78,79)(H,80,81)/t66-,67-,68-/m1/s1. The molecule has 5 atom stereocenters. The Morgan fingerprint density at radius 2 is 0.505 bits per heavy atom. The van der Waals surface area contributed by atoms with Crippen molar-refractivity contribution in [3.05, 3.63) is 0 Å². The molecule has 0 aromatic carbocycles. The van der Waals surface area contributed by atoms with Crippen molar-refractivity contribution in [2.75, 3.05) is 39.6 Å². The van der Waals surface area contributed by atoms with Crippen molar-refractivity contribution >= 4 is 39.5 Å². The number of carbonyl (C=O) groups excluding carboxylic acids is 4. The lowest BCUT2D eigenvalue weighted by molar-refractivity contribution is -0.161. The second-order valence-corrected chi connectivity index (χ2v) is 29.8. The fourth-order valence-electron chi connectivity index (χ4n) is 10.9.